The number of nitrogens with one attached hydrogen (secondary N) is 1. The second-order valence-electron chi connectivity index (χ2n) is 6.39. The Bertz CT molecular complexity index is 872. The number of aromatic amines is 1. The monoisotopic (exact) mass is 324 g/mol. The molecule has 4 rings (SSSR count). The van der Waals surface area contributed by atoms with Gasteiger partial charge in [-0.25, -0.2) is 9.97 Å². The zero-order valence-electron chi connectivity index (χ0n) is 13.4. The largest absolute Gasteiger partial charge is 0.309 e. The quantitative estimate of drug-likeness (QED) is 0.785. The van der Waals surface area contributed by atoms with Gasteiger partial charge in [-0.1, -0.05) is 12.1 Å². The van der Waals surface area contributed by atoms with Crippen molar-refractivity contribution in [3.63, 3.8) is 0 Å². The van der Waals surface area contributed by atoms with E-state index in [2.05, 4.69) is 25.0 Å². The number of para-hydroxylation sites is 1. The van der Waals surface area contributed by atoms with Crippen LogP contribution in [0.15, 0.2) is 41.7 Å². The van der Waals surface area contributed by atoms with Crippen LogP contribution in [0.2, 0.25) is 0 Å². The highest BCUT2D eigenvalue weighted by Gasteiger charge is 2.21. The molecule has 1 atom stereocenters. The van der Waals surface area contributed by atoms with E-state index in [1.165, 1.54) is 6.42 Å². The van der Waals surface area contributed by atoms with Crippen molar-refractivity contribution in [1.82, 2.24) is 29.6 Å². The van der Waals surface area contributed by atoms with E-state index in [1.54, 1.807) is 18.7 Å². The molecule has 7 heteroatoms. The Labute approximate surface area is 139 Å². The van der Waals surface area contributed by atoms with Gasteiger partial charge in [-0.3, -0.25) is 14.4 Å². The fraction of sp³-hybridized carbons (Fsp3) is 0.412. The van der Waals surface area contributed by atoms with Crippen molar-refractivity contribution >= 4 is 10.9 Å². The van der Waals surface area contributed by atoms with Crippen LogP contribution in [0.25, 0.3) is 10.9 Å². The van der Waals surface area contributed by atoms with Crippen LogP contribution < -0.4 is 5.56 Å². The summed E-state index contributed by atoms with van der Waals surface area (Å²) in [6, 6.07) is 7.46. The lowest BCUT2D eigenvalue weighted by atomic mass is 9.98. The summed E-state index contributed by atoms with van der Waals surface area (Å²) in [5.41, 5.74) is 0.694. The molecule has 2 aromatic heterocycles. The van der Waals surface area contributed by atoms with Gasteiger partial charge in [-0.2, -0.15) is 5.10 Å². The molecule has 7 nitrogen and oxygen atoms in total. The molecule has 1 fully saturated rings. The maximum atomic E-state index is 12.2. The van der Waals surface area contributed by atoms with E-state index in [1.807, 2.05) is 22.9 Å². The van der Waals surface area contributed by atoms with E-state index in [0.717, 1.165) is 37.4 Å². The fourth-order valence-corrected chi connectivity index (χ4v) is 3.46. The summed E-state index contributed by atoms with van der Waals surface area (Å²) < 4.78 is 1.89. The molecule has 3 heterocycles. The van der Waals surface area contributed by atoms with Gasteiger partial charge in [-0.05, 0) is 37.4 Å². The SMILES string of the molecule is O=c1[nH]c(CN2CCC[C@H](Cn3cncn3)C2)nc2ccccc12. The molecular formula is C17H20N6O. The smallest absolute Gasteiger partial charge is 0.258 e. The Morgan fingerprint density at radius 3 is 3.08 bits per heavy atom. The van der Waals surface area contributed by atoms with E-state index < -0.39 is 0 Å². The highest BCUT2D eigenvalue weighted by molar-refractivity contribution is 5.77. The summed E-state index contributed by atoms with van der Waals surface area (Å²) in [6.45, 7) is 3.58. The van der Waals surface area contributed by atoms with E-state index in [9.17, 15) is 4.79 Å². The average Bonchev–Trinajstić information content (AvgIpc) is 3.08. The number of hydrogen-bond donors (Lipinski definition) is 1. The van der Waals surface area contributed by atoms with E-state index >= 15 is 0 Å². The summed E-state index contributed by atoms with van der Waals surface area (Å²) >= 11 is 0. The Kier molecular flexibility index (Phi) is 4.08. The van der Waals surface area contributed by atoms with Gasteiger partial charge in [0, 0.05) is 13.1 Å². The lowest BCUT2D eigenvalue weighted by molar-refractivity contribution is 0.150. The van der Waals surface area contributed by atoms with Gasteiger partial charge in [0.15, 0.2) is 0 Å². The summed E-state index contributed by atoms with van der Waals surface area (Å²) in [5.74, 6) is 1.28. The zero-order valence-corrected chi connectivity index (χ0v) is 13.4. The number of aromatic nitrogens is 5. The first-order valence-corrected chi connectivity index (χ1v) is 8.30. The highest BCUT2D eigenvalue weighted by atomic mass is 16.1. The predicted octanol–water partition coefficient (Wildman–Crippen LogP) is 1.43. The molecule has 0 unspecified atom stereocenters. The maximum Gasteiger partial charge on any atom is 0.258 e. The molecule has 1 aromatic carbocycles. The summed E-state index contributed by atoms with van der Waals surface area (Å²) in [7, 11) is 0. The molecule has 0 saturated carbocycles. The summed E-state index contributed by atoms with van der Waals surface area (Å²) in [4.78, 5) is 26.1. The van der Waals surface area contributed by atoms with Gasteiger partial charge < -0.3 is 4.98 Å². The van der Waals surface area contributed by atoms with Crippen molar-refractivity contribution in [2.75, 3.05) is 13.1 Å². The van der Waals surface area contributed by atoms with Crippen molar-refractivity contribution in [2.45, 2.75) is 25.9 Å². The van der Waals surface area contributed by atoms with Crippen LogP contribution in [0.3, 0.4) is 0 Å². The third-order valence-electron chi connectivity index (χ3n) is 4.55. The first kappa shape index (κ1) is 15.0. The molecule has 24 heavy (non-hydrogen) atoms. The molecule has 0 spiro atoms. The number of benzene rings is 1. The molecule has 1 saturated heterocycles. The van der Waals surface area contributed by atoms with Crippen molar-refractivity contribution in [3.8, 4) is 0 Å². The lowest BCUT2D eigenvalue weighted by Crippen LogP contribution is -2.37. The standard InChI is InChI=1S/C17H20N6O/c24-17-14-5-1-2-6-15(14)20-16(21-17)10-22-7-3-4-13(8-22)9-23-12-18-11-19-23/h1-2,5-6,11-13H,3-4,7-10H2,(H,20,21,24)/t13-/m0/s1. The van der Waals surface area contributed by atoms with Crippen LogP contribution in [0, 0.1) is 5.92 Å². The van der Waals surface area contributed by atoms with Crippen LogP contribution in [0.4, 0.5) is 0 Å². The Balaban J connectivity index is 1.47. The number of hydrogen-bond acceptors (Lipinski definition) is 5. The van der Waals surface area contributed by atoms with Gasteiger partial charge >= 0.3 is 0 Å². The van der Waals surface area contributed by atoms with Gasteiger partial charge in [0.2, 0.25) is 0 Å². The van der Waals surface area contributed by atoms with Gasteiger partial charge in [-0.15, -0.1) is 0 Å². The molecular weight excluding hydrogens is 304 g/mol. The second kappa shape index (κ2) is 6.52. The molecule has 1 aliphatic heterocycles. The number of nitrogens with zero attached hydrogens (tertiary/aromatic N) is 5. The van der Waals surface area contributed by atoms with Crippen LogP contribution in [0.5, 0.6) is 0 Å². The first-order chi connectivity index (χ1) is 11.8. The van der Waals surface area contributed by atoms with Crippen molar-refractivity contribution in [3.05, 3.63) is 53.1 Å². The molecule has 0 radical (unpaired) electrons. The highest BCUT2D eigenvalue weighted by Crippen LogP contribution is 2.19. The van der Waals surface area contributed by atoms with Crippen LogP contribution in [-0.2, 0) is 13.1 Å². The van der Waals surface area contributed by atoms with Gasteiger partial charge in [0.05, 0.1) is 17.4 Å². The Hall–Kier alpha value is -2.54. The lowest BCUT2D eigenvalue weighted by Gasteiger charge is -2.32. The van der Waals surface area contributed by atoms with Crippen molar-refractivity contribution in [1.29, 1.82) is 0 Å². The molecule has 0 aliphatic carbocycles. The Morgan fingerprint density at radius 1 is 1.29 bits per heavy atom. The minimum absolute atomic E-state index is 0.0632. The van der Waals surface area contributed by atoms with E-state index in [4.69, 9.17) is 0 Å². The zero-order chi connectivity index (χ0) is 16.4. The predicted molar refractivity (Wildman–Crippen MR) is 90.4 cm³/mol. The van der Waals surface area contributed by atoms with Crippen LogP contribution in [-0.4, -0.2) is 42.7 Å². The van der Waals surface area contributed by atoms with E-state index in [-0.39, 0.29) is 5.56 Å². The number of H-pyrrole nitrogens is 1. The molecule has 0 amide bonds. The normalized spacial score (nSPS) is 18.9. The van der Waals surface area contributed by atoms with Gasteiger partial charge in [0.25, 0.3) is 5.56 Å². The topological polar surface area (TPSA) is 79.7 Å². The van der Waals surface area contributed by atoms with Crippen LogP contribution >= 0.6 is 0 Å². The minimum atomic E-state index is -0.0632. The Morgan fingerprint density at radius 2 is 2.21 bits per heavy atom. The first-order valence-electron chi connectivity index (χ1n) is 8.30. The molecule has 3 aromatic rings. The number of likely N-dealkylation sites (tertiary alicyclic amines) is 1. The number of fused-ring (bicyclic) bond motifs is 1. The minimum Gasteiger partial charge on any atom is -0.309 e. The maximum absolute atomic E-state index is 12.2. The third-order valence-corrected chi connectivity index (χ3v) is 4.55. The average molecular weight is 324 g/mol. The number of rotatable bonds is 4. The molecule has 124 valence electrons. The second-order valence-corrected chi connectivity index (χ2v) is 6.39. The summed E-state index contributed by atoms with van der Waals surface area (Å²) in [6.07, 6.45) is 5.68. The molecule has 0 bridgehead atoms. The van der Waals surface area contributed by atoms with Gasteiger partial charge in [0.1, 0.15) is 18.5 Å². The molecule has 1 N–H and O–H groups in total. The van der Waals surface area contributed by atoms with E-state index in [0.29, 0.717) is 17.8 Å². The van der Waals surface area contributed by atoms with Crippen LogP contribution in [0.1, 0.15) is 18.7 Å². The van der Waals surface area contributed by atoms with Crippen molar-refractivity contribution < 1.29 is 0 Å². The summed E-state index contributed by atoms with van der Waals surface area (Å²) in [5, 5.41) is 4.83. The number of piperidine rings is 1. The van der Waals surface area contributed by atoms with Crippen molar-refractivity contribution in [2.24, 2.45) is 5.92 Å². The third kappa shape index (κ3) is 3.21. The fourth-order valence-electron chi connectivity index (χ4n) is 3.46. The molecule has 1 aliphatic rings.